The van der Waals surface area contributed by atoms with Crippen LogP contribution in [0.25, 0.3) is 98.0 Å². The summed E-state index contributed by atoms with van der Waals surface area (Å²) in [7, 11) is 0. The van der Waals surface area contributed by atoms with Gasteiger partial charge in [-0.1, -0.05) is 170 Å². The van der Waals surface area contributed by atoms with Crippen molar-refractivity contribution in [2.75, 3.05) is 0 Å². The third kappa shape index (κ3) is 3.50. The Bertz CT molecular complexity index is 2770. The molecule has 0 amide bonds. The van der Waals surface area contributed by atoms with E-state index in [-0.39, 0.29) is 0 Å². The van der Waals surface area contributed by atoms with Crippen LogP contribution in [0.4, 0.5) is 0 Å². The van der Waals surface area contributed by atoms with Gasteiger partial charge in [0.15, 0.2) is 0 Å². The first-order valence-corrected chi connectivity index (χ1v) is 16.0. The minimum absolute atomic E-state index is 1.23. The first kappa shape index (κ1) is 25.4. The lowest BCUT2D eigenvalue weighted by atomic mass is 9.80. The van der Waals surface area contributed by atoms with E-state index < -0.39 is 0 Å². The highest BCUT2D eigenvalue weighted by molar-refractivity contribution is 6.40. The minimum atomic E-state index is 1.23. The van der Waals surface area contributed by atoms with Gasteiger partial charge in [-0.3, -0.25) is 0 Å². The van der Waals surface area contributed by atoms with Gasteiger partial charge in [-0.25, -0.2) is 0 Å². The Morgan fingerprint density at radius 3 is 1.50 bits per heavy atom. The second kappa shape index (κ2) is 9.76. The molecule has 10 aromatic rings. The van der Waals surface area contributed by atoms with Crippen LogP contribution in [-0.4, -0.2) is 0 Å². The van der Waals surface area contributed by atoms with Crippen LogP contribution >= 0.6 is 0 Å². The maximum absolute atomic E-state index is 2.38. The lowest BCUT2D eigenvalue weighted by molar-refractivity contribution is 1.62. The average Bonchev–Trinajstić information content (AvgIpc) is 3.13. The highest BCUT2D eigenvalue weighted by Crippen LogP contribution is 2.50. The molecule has 0 radical (unpaired) electrons. The minimum Gasteiger partial charge on any atom is -0.0622 e. The van der Waals surface area contributed by atoms with Crippen molar-refractivity contribution < 1.29 is 0 Å². The Hall–Kier alpha value is -5.98. The molecule has 0 heterocycles. The van der Waals surface area contributed by atoms with Crippen LogP contribution in [0.3, 0.4) is 0 Å². The molecule has 0 aliphatic rings. The Morgan fingerprint density at radius 1 is 0.217 bits per heavy atom. The zero-order valence-corrected chi connectivity index (χ0v) is 25.2. The second-order valence-corrected chi connectivity index (χ2v) is 12.4. The molecule has 212 valence electrons. The van der Waals surface area contributed by atoms with Crippen molar-refractivity contribution in [2.24, 2.45) is 0 Å². The lowest BCUT2D eigenvalue weighted by Gasteiger charge is -2.22. The lowest BCUT2D eigenvalue weighted by Crippen LogP contribution is -1.94. The van der Waals surface area contributed by atoms with Crippen LogP contribution in [0.1, 0.15) is 0 Å². The summed E-state index contributed by atoms with van der Waals surface area (Å²) >= 11 is 0. The fraction of sp³-hybridized carbons (Fsp3) is 0. The molecule has 0 atom stereocenters. The van der Waals surface area contributed by atoms with E-state index in [1.54, 1.807) is 0 Å². The predicted molar refractivity (Wildman–Crippen MR) is 199 cm³/mol. The monoisotopic (exact) mass is 580 g/mol. The maximum Gasteiger partial charge on any atom is -0.00137 e. The molecule has 0 heteroatoms. The zero-order chi connectivity index (χ0) is 30.2. The van der Waals surface area contributed by atoms with Crippen LogP contribution < -0.4 is 0 Å². The Morgan fingerprint density at radius 2 is 0.717 bits per heavy atom. The Kier molecular flexibility index (Phi) is 5.38. The number of hydrogen-bond acceptors (Lipinski definition) is 0. The molecule has 0 aliphatic carbocycles. The summed E-state index contributed by atoms with van der Waals surface area (Å²) in [6.07, 6.45) is 0. The average molecular weight is 581 g/mol. The SMILES string of the molecule is c1ccc(-c2cccc3c(-c4ccccc4)c(-c4c5ccccc5c5c6cccc7cccc(c8cccc4c85)c76)ccc23)cc1. The molecule has 0 aromatic heterocycles. The summed E-state index contributed by atoms with van der Waals surface area (Å²) in [5.74, 6) is 0. The van der Waals surface area contributed by atoms with Crippen molar-refractivity contribution in [2.45, 2.75) is 0 Å². The van der Waals surface area contributed by atoms with Crippen LogP contribution in [0.15, 0.2) is 170 Å². The number of hydrogen-bond donors (Lipinski definition) is 0. The van der Waals surface area contributed by atoms with Crippen LogP contribution in [-0.2, 0) is 0 Å². The maximum atomic E-state index is 2.38. The van der Waals surface area contributed by atoms with E-state index in [1.807, 2.05) is 0 Å². The highest BCUT2D eigenvalue weighted by Gasteiger charge is 2.22. The van der Waals surface area contributed by atoms with Crippen molar-refractivity contribution in [3.63, 3.8) is 0 Å². The number of benzene rings is 10. The van der Waals surface area contributed by atoms with E-state index in [0.717, 1.165) is 0 Å². The largest absolute Gasteiger partial charge is 0.0622 e. The van der Waals surface area contributed by atoms with Gasteiger partial charge < -0.3 is 0 Å². The first-order chi connectivity index (χ1) is 22.9. The summed E-state index contributed by atoms with van der Waals surface area (Å²) in [6.45, 7) is 0. The summed E-state index contributed by atoms with van der Waals surface area (Å²) in [6, 6.07) is 62.7. The summed E-state index contributed by atoms with van der Waals surface area (Å²) < 4.78 is 0. The molecule has 0 bridgehead atoms. The van der Waals surface area contributed by atoms with E-state index in [4.69, 9.17) is 0 Å². The molecular weight excluding hydrogens is 553 g/mol. The molecule has 0 aliphatic heterocycles. The van der Waals surface area contributed by atoms with Crippen LogP contribution in [0.5, 0.6) is 0 Å². The molecule has 0 nitrogen and oxygen atoms in total. The fourth-order valence-electron chi connectivity index (χ4n) is 8.15. The zero-order valence-electron chi connectivity index (χ0n) is 25.2. The topological polar surface area (TPSA) is 0 Å². The van der Waals surface area contributed by atoms with Crippen molar-refractivity contribution in [3.05, 3.63) is 170 Å². The van der Waals surface area contributed by atoms with E-state index in [0.29, 0.717) is 0 Å². The summed E-state index contributed by atoms with van der Waals surface area (Å²) in [5, 5.41) is 15.7. The van der Waals surface area contributed by atoms with Gasteiger partial charge >= 0.3 is 0 Å². The first-order valence-electron chi connectivity index (χ1n) is 16.0. The van der Waals surface area contributed by atoms with Gasteiger partial charge in [0.05, 0.1) is 0 Å². The molecule has 46 heavy (non-hydrogen) atoms. The van der Waals surface area contributed by atoms with Crippen molar-refractivity contribution in [1.29, 1.82) is 0 Å². The van der Waals surface area contributed by atoms with Gasteiger partial charge in [0.2, 0.25) is 0 Å². The molecule has 0 saturated carbocycles. The van der Waals surface area contributed by atoms with E-state index in [1.165, 1.54) is 98.0 Å². The normalized spacial score (nSPS) is 11.9. The van der Waals surface area contributed by atoms with Gasteiger partial charge in [0.25, 0.3) is 0 Å². The molecule has 10 rings (SSSR count). The quantitative estimate of drug-likeness (QED) is 0.144. The standard InChI is InChI=1S/C46H28/c1-3-13-29(14-4-1)32-21-11-23-34-33(32)27-28-41(42(34)30-15-5-2-6-16-30)44-36-19-7-8-20-37(36)45-39-25-10-18-31-17-9-22-35(43(31)39)38-24-12-26-40(44)46(38)45/h1-28H. The van der Waals surface area contributed by atoms with E-state index in [9.17, 15) is 0 Å². The van der Waals surface area contributed by atoms with Gasteiger partial charge in [-0.15, -0.1) is 0 Å². The molecule has 0 fully saturated rings. The summed E-state index contributed by atoms with van der Waals surface area (Å²) in [5.41, 5.74) is 7.57. The van der Waals surface area contributed by atoms with Crippen LogP contribution in [0, 0.1) is 0 Å². The van der Waals surface area contributed by atoms with Crippen molar-refractivity contribution in [1.82, 2.24) is 0 Å². The van der Waals surface area contributed by atoms with E-state index >= 15 is 0 Å². The molecule has 0 unspecified atom stereocenters. The number of fused-ring (bicyclic) bond motifs is 5. The second-order valence-electron chi connectivity index (χ2n) is 12.4. The van der Waals surface area contributed by atoms with Crippen LogP contribution in [0.2, 0.25) is 0 Å². The Labute approximate surface area is 267 Å². The smallest absolute Gasteiger partial charge is 0.00137 e. The Balaban J connectivity index is 1.42. The predicted octanol–water partition coefficient (Wildman–Crippen LogP) is 13.0. The molecule has 10 aromatic carbocycles. The van der Waals surface area contributed by atoms with Gasteiger partial charge in [0, 0.05) is 0 Å². The molecule has 0 N–H and O–H groups in total. The molecule has 0 spiro atoms. The highest BCUT2D eigenvalue weighted by atomic mass is 14.2. The van der Waals surface area contributed by atoms with E-state index in [2.05, 4.69) is 170 Å². The fourth-order valence-corrected chi connectivity index (χ4v) is 8.15. The number of rotatable bonds is 3. The van der Waals surface area contributed by atoms with Gasteiger partial charge in [-0.05, 0) is 98.0 Å². The van der Waals surface area contributed by atoms with Crippen molar-refractivity contribution >= 4 is 64.6 Å². The molecular formula is C46H28. The van der Waals surface area contributed by atoms with Gasteiger partial charge in [0.1, 0.15) is 0 Å². The van der Waals surface area contributed by atoms with Gasteiger partial charge in [-0.2, -0.15) is 0 Å². The van der Waals surface area contributed by atoms with Crippen molar-refractivity contribution in [3.8, 4) is 33.4 Å². The third-order valence-corrected chi connectivity index (χ3v) is 9.99. The third-order valence-electron chi connectivity index (χ3n) is 9.99. The summed E-state index contributed by atoms with van der Waals surface area (Å²) in [4.78, 5) is 0. The molecule has 0 saturated heterocycles.